The van der Waals surface area contributed by atoms with Crippen molar-refractivity contribution >= 4 is 16.7 Å². The summed E-state index contributed by atoms with van der Waals surface area (Å²) >= 11 is 0. The van der Waals surface area contributed by atoms with Gasteiger partial charge in [-0.1, -0.05) is 44.2 Å². The molecule has 2 aromatic carbocycles. The van der Waals surface area contributed by atoms with Crippen molar-refractivity contribution in [2.75, 3.05) is 13.2 Å². The fraction of sp³-hybridized carbons (Fsp3) is 0.421. The third kappa shape index (κ3) is 3.77. The Morgan fingerprint density at radius 3 is 2.54 bits per heavy atom. The van der Waals surface area contributed by atoms with Gasteiger partial charge in [-0.15, -0.1) is 0 Å². The topological polar surface area (TPSA) is 41.6 Å². The van der Waals surface area contributed by atoms with Gasteiger partial charge in [-0.3, -0.25) is 10.2 Å². The van der Waals surface area contributed by atoms with Crippen molar-refractivity contribution in [1.29, 1.82) is 0 Å². The number of nitrogens with one attached hydrogen (secondary N) is 1. The fourth-order valence-corrected chi connectivity index (χ4v) is 3.12. The van der Waals surface area contributed by atoms with Crippen LogP contribution in [0.3, 0.4) is 0 Å². The van der Waals surface area contributed by atoms with Crippen LogP contribution >= 0.6 is 0 Å². The Bertz CT molecular complexity index is 805. The molecule has 1 fully saturated rings. The monoisotopic (exact) mass is 366 g/mol. The first-order valence-electron chi connectivity index (χ1n) is 8.54. The second-order valence-electron chi connectivity index (χ2n) is 6.83. The molecule has 0 aliphatic carbocycles. The van der Waals surface area contributed by atoms with Gasteiger partial charge in [0.25, 0.3) is 0 Å². The van der Waals surface area contributed by atoms with Crippen molar-refractivity contribution in [2.45, 2.75) is 32.5 Å². The molecule has 26 heavy (non-hydrogen) atoms. The van der Waals surface area contributed by atoms with E-state index >= 15 is 0 Å². The Morgan fingerprint density at radius 1 is 1.19 bits per heavy atom. The van der Waals surface area contributed by atoms with Crippen LogP contribution in [0.25, 0.3) is 10.8 Å². The molecule has 1 heterocycles. The van der Waals surface area contributed by atoms with E-state index in [4.69, 9.17) is 4.74 Å². The normalized spacial score (nSPS) is 16.9. The van der Waals surface area contributed by atoms with Crippen LogP contribution in [0.2, 0.25) is 0 Å². The van der Waals surface area contributed by atoms with Crippen LogP contribution in [0, 0.1) is 5.92 Å². The molecule has 1 aliphatic heterocycles. The lowest BCUT2D eigenvalue weighted by molar-refractivity contribution is -0.191. The Kier molecular flexibility index (Phi) is 5.09. The number of carbonyl (C=O) groups excluding carboxylic acids is 1. The van der Waals surface area contributed by atoms with Crippen molar-refractivity contribution in [3.05, 3.63) is 42.0 Å². The highest BCUT2D eigenvalue weighted by molar-refractivity contribution is 5.88. The number of nitrogens with zero attached hydrogens (tertiary/aromatic N) is 1. The van der Waals surface area contributed by atoms with Crippen LogP contribution in [0.4, 0.5) is 13.2 Å². The van der Waals surface area contributed by atoms with Crippen molar-refractivity contribution in [3.63, 3.8) is 0 Å². The molecule has 140 valence electrons. The molecule has 0 radical (unpaired) electrons. The minimum absolute atomic E-state index is 0.00412. The summed E-state index contributed by atoms with van der Waals surface area (Å²) in [5, 5.41) is 2.13. The molecule has 7 heteroatoms. The van der Waals surface area contributed by atoms with E-state index < -0.39 is 18.1 Å². The van der Waals surface area contributed by atoms with E-state index in [0.717, 1.165) is 5.01 Å². The third-order valence-corrected chi connectivity index (χ3v) is 4.25. The third-order valence-electron chi connectivity index (χ3n) is 4.25. The van der Waals surface area contributed by atoms with Gasteiger partial charge < -0.3 is 4.74 Å². The first kappa shape index (κ1) is 18.5. The number of alkyl halides is 3. The summed E-state index contributed by atoms with van der Waals surface area (Å²) in [5.41, 5.74) is 2.37. The lowest BCUT2D eigenvalue weighted by Crippen LogP contribution is -2.43. The summed E-state index contributed by atoms with van der Waals surface area (Å²) in [5.74, 6) is -0.0462. The minimum atomic E-state index is -4.57. The number of amides is 1. The van der Waals surface area contributed by atoms with E-state index in [9.17, 15) is 18.0 Å². The standard InChI is InChI=1S/C19H21F3N2O2/c1-12(2)11-26-15-8-7-13-5-3-4-6-14(13)17(15)18(19(20,21)22)24-10-9-16(25)23-24/h3-8,12,18H,9-11H2,1-2H3,(H,23,25)/t18-/m0/s1. The highest BCUT2D eigenvalue weighted by Crippen LogP contribution is 2.45. The van der Waals surface area contributed by atoms with Crippen LogP contribution in [-0.4, -0.2) is 30.2 Å². The van der Waals surface area contributed by atoms with E-state index in [2.05, 4.69) is 5.43 Å². The largest absolute Gasteiger partial charge is 0.493 e. The SMILES string of the molecule is CC(C)COc1ccc2ccccc2c1[C@H](N1CCC(=O)N1)C(F)(F)F. The molecule has 1 N–H and O–H groups in total. The van der Waals surface area contributed by atoms with Crippen molar-refractivity contribution in [1.82, 2.24) is 10.4 Å². The molecule has 0 saturated carbocycles. The quantitative estimate of drug-likeness (QED) is 0.862. The lowest BCUT2D eigenvalue weighted by Gasteiger charge is -2.31. The first-order chi connectivity index (χ1) is 12.3. The van der Waals surface area contributed by atoms with E-state index in [-0.39, 0.29) is 30.2 Å². The average Bonchev–Trinajstić information content (AvgIpc) is 2.98. The number of hydrogen-bond donors (Lipinski definition) is 1. The summed E-state index contributed by atoms with van der Waals surface area (Å²) in [6.07, 6.45) is -4.53. The number of carbonyl (C=O) groups is 1. The molecule has 1 aliphatic rings. The fourth-order valence-electron chi connectivity index (χ4n) is 3.12. The molecule has 0 aromatic heterocycles. The molecule has 1 saturated heterocycles. The van der Waals surface area contributed by atoms with Gasteiger partial charge in [0.1, 0.15) is 5.75 Å². The van der Waals surface area contributed by atoms with Gasteiger partial charge in [-0.2, -0.15) is 13.2 Å². The maximum atomic E-state index is 14.0. The van der Waals surface area contributed by atoms with Gasteiger partial charge in [0.2, 0.25) is 5.91 Å². The van der Waals surface area contributed by atoms with Crippen LogP contribution in [0.5, 0.6) is 5.75 Å². The summed E-state index contributed by atoms with van der Waals surface area (Å²) in [4.78, 5) is 11.5. The molecular formula is C19H21F3N2O2. The molecule has 4 nitrogen and oxygen atoms in total. The average molecular weight is 366 g/mol. The zero-order chi connectivity index (χ0) is 18.9. The number of hydrazine groups is 1. The second-order valence-corrected chi connectivity index (χ2v) is 6.83. The van der Waals surface area contributed by atoms with Gasteiger partial charge in [-0.25, -0.2) is 5.01 Å². The lowest BCUT2D eigenvalue weighted by atomic mass is 9.96. The highest BCUT2D eigenvalue weighted by atomic mass is 19.4. The molecule has 2 aromatic rings. The van der Waals surface area contributed by atoms with Gasteiger partial charge in [0.05, 0.1) is 6.61 Å². The molecule has 0 spiro atoms. The molecule has 1 atom stereocenters. The smallest absolute Gasteiger partial charge is 0.410 e. The molecule has 0 bridgehead atoms. The van der Waals surface area contributed by atoms with E-state index in [0.29, 0.717) is 17.4 Å². The van der Waals surface area contributed by atoms with Crippen LogP contribution in [-0.2, 0) is 4.79 Å². The Morgan fingerprint density at radius 2 is 1.92 bits per heavy atom. The van der Waals surface area contributed by atoms with E-state index in [1.54, 1.807) is 36.4 Å². The summed E-state index contributed by atoms with van der Waals surface area (Å²) in [6.45, 7) is 4.17. The Balaban J connectivity index is 2.17. The highest BCUT2D eigenvalue weighted by Gasteiger charge is 2.48. The predicted octanol–water partition coefficient (Wildman–Crippen LogP) is 4.21. The van der Waals surface area contributed by atoms with Gasteiger partial charge >= 0.3 is 6.18 Å². The minimum Gasteiger partial charge on any atom is -0.493 e. The van der Waals surface area contributed by atoms with Crippen molar-refractivity contribution in [2.24, 2.45) is 5.92 Å². The molecule has 3 rings (SSSR count). The summed E-state index contributed by atoms with van der Waals surface area (Å²) in [6, 6.07) is 8.27. The molecule has 1 amide bonds. The number of ether oxygens (including phenoxy) is 1. The number of benzene rings is 2. The Hall–Kier alpha value is -2.28. The predicted molar refractivity (Wildman–Crippen MR) is 92.5 cm³/mol. The van der Waals surface area contributed by atoms with E-state index in [1.165, 1.54) is 0 Å². The van der Waals surface area contributed by atoms with Gasteiger partial charge in [-0.05, 0) is 22.8 Å². The van der Waals surface area contributed by atoms with Crippen molar-refractivity contribution in [3.8, 4) is 5.75 Å². The zero-order valence-corrected chi connectivity index (χ0v) is 14.6. The number of hydrogen-bond acceptors (Lipinski definition) is 3. The number of fused-ring (bicyclic) bond motifs is 1. The number of halogens is 3. The first-order valence-corrected chi connectivity index (χ1v) is 8.54. The summed E-state index contributed by atoms with van der Waals surface area (Å²) < 4.78 is 47.9. The zero-order valence-electron chi connectivity index (χ0n) is 14.6. The molecule has 0 unspecified atom stereocenters. The van der Waals surface area contributed by atoms with Gasteiger partial charge in [0.15, 0.2) is 6.04 Å². The van der Waals surface area contributed by atoms with Gasteiger partial charge in [0, 0.05) is 18.5 Å². The maximum absolute atomic E-state index is 14.0. The van der Waals surface area contributed by atoms with Crippen LogP contribution in [0.1, 0.15) is 31.9 Å². The number of rotatable bonds is 5. The Labute approximate surface area is 149 Å². The molecular weight excluding hydrogens is 345 g/mol. The second kappa shape index (κ2) is 7.15. The van der Waals surface area contributed by atoms with Crippen molar-refractivity contribution < 1.29 is 22.7 Å². The van der Waals surface area contributed by atoms with Crippen LogP contribution < -0.4 is 10.2 Å². The maximum Gasteiger partial charge on any atom is 0.410 e. The van der Waals surface area contributed by atoms with E-state index in [1.807, 2.05) is 13.8 Å². The summed E-state index contributed by atoms with van der Waals surface area (Å²) in [7, 11) is 0. The van der Waals surface area contributed by atoms with Crippen LogP contribution in [0.15, 0.2) is 36.4 Å².